The van der Waals surface area contributed by atoms with E-state index in [1.165, 1.54) is 0 Å². The van der Waals surface area contributed by atoms with Crippen molar-refractivity contribution in [3.63, 3.8) is 0 Å². The number of anilines is 1. The zero-order chi connectivity index (χ0) is 13.8. The quantitative estimate of drug-likeness (QED) is 0.705. The van der Waals surface area contributed by atoms with Crippen LogP contribution in [0.1, 0.15) is 0 Å². The fourth-order valence-corrected chi connectivity index (χ4v) is 2.69. The van der Waals surface area contributed by atoms with E-state index >= 15 is 0 Å². The molecule has 0 radical (unpaired) electrons. The number of nitrogens with zero attached hydrogens (tertiary/aromatic N) is 3. The standard InChI is InChI=1S/C14H15N5S/c1-15-6-7-17-14-19-18-13(20-14)11-2-3-12-9-16-5-4-10(12)8-11/h2-5,8-9,15H,6-7H2,1H3,(H,17,19). The lowest BCUT2D eigenvalue weighted by Crippen LogP contribution is -2.17. The SMILES string of the molecule is CNCCNc1nnc(-c2ccc3cnccc3c2)s1. The summed E-state index contributed by atoms with van der Waals surface area (Å²) in [6.07, 6.45) is 3.67. The van der Waals surface area contributed by atoms with Gasteiger partial charge in [-0.3, -0.25) is 4.98 Å². The number of rotatable bonds is 5. The van der Waals surface area contributed by atoms with Crippen molar-refractivity contribution in [2.45, 2.75) is 0 Å². The van der Waals surface area contributed by atoms with Crippen LogP contribution < -0.4 is 10.6 Å². The molecule has 0 bridgehead atoms. The maximum Gasteiger partial charge on any atom is 0.206 e. The van der Waals surface area contributed by atoms with E-state index in [0.29, 0.717) is 0 Å². The average Bonchev–Trinajstić information content (AvgIpc) is 2.96. The number of aromatic nitrogens is 3. The van der Waals surface area contributed by atoms with E-state index in [4.69, 9.17) is 0 Å². The molecule has 2 heterocycles. The minimum atomic E-state index is 0.842. The van der Waals surface area contributed by atoms with Crippen LogP contribution in [0, 0.1) is 0 Å². The van der Waals surface area contributed by atoms with Gasteiger partial charge in [0.2, 0.25) is 5.13 Å². The fraction of sp³-hybridized carbons (Fsp3) is 0.214. The summed E-state index contributed by atoms with van der Waals surface area (Å²) in [7, 11) is 1.93. The topological polar surface area (TPSA) is 62.7 Å². The van der Waals surface area contributed by atoms with Crippen LogP contribution in [0.15, 0.2) is 36.7 Å². The van der Waals surface area contributed by atoms with Gasteiger partial charge in [0.15, 0.2) is 0 Å². The lowest BCUT2D eigenvalue weighted by molar-refractivity contribution is 0.821. The lowest BCUT2D eigenvalue weighted by Gasteiger charge is -2.00. The third-order valence-electron chi connectivity index (χ3n) is 2.96. The third kappa shape index (κ3) is 2.76. The Bertz CT molecular complexity index is 709. The summed E-state index contributed by atoms with van der Waals surface area (Å²) in [5.41, 5.74) is 1.09. The Balaban J connectivity index is 1.83. The number of fused-ring (bicyclic) bond motifs is 1. The highest BCUT2D eigenvalue weighted by atomic mass is 32.1. The van der Waals surface area contributed by atoms with E-state index in [2.05, 4.69) is 44.0 Å². The van der Waals surface area contributed by atoms with E-state index in [9.17, 15) is 0 Å². The first-order chi connectivity index (χ1) is 9.86. The Morgan fingerprint density at radius 2 is 2.05 bits per heavy atom. The van der Waals surface area contributed by atoms with Gasteiger partial charge in [0.05, 0.1) is 0 Å². The van der Waals surface area contributed by atoms with E-state index in [1.54, 1.807) is 17.5 Å². The van der Waals surface area contributed by atoms with Crippen molar-refractivity contribution in [3.8, 4) is 10.6 Å². The summed E-state index contributed by atoms with van der Waals surface area (Å²) >= 11 is 1.57. The summed E-state index contributed by atoms with van der Waals surface area (Å²) in [5.74, 6) is 0. The molecule has 0 saturated carbocycles. The van der Waals surface area contributed by atoms with Crippen LogP contribution in [-0.2, 0) is 0 Å². The van der Waals surface area contributed by atoms with Gasteiger partial charge in [0.25, 0.3) is 0 Å². The smallest absolute Gasteiger partial charge is 0.206 e. The van der Waals surface area contributed by atoms with Crippen molar-refractivity contribution in [1.29, 1.82) is 0 Å². The van der Waals surface area contributed by atoms with Gasteiger partial charge in [-0.2, -0.15) is 0 Å². The summed E-state index contributed by atoms with van der Waals surface area (Å²) in [6.45, 7) is 1.74. The molecule has 0 amide bonds. The Morgan fingerprint density at radius 3 is 2.95 bits per heavy atom. The van der Waals surface area contributed by atoms with Gasteiger partial charge >= 0.3 is 0 Å². The van der Waals surface area contributed by atoms with Crippen molar-refractivity contribution in [1.82, 2.24) is 20.5 Å². The zero-order valence-electron chi connectivity index (χ0n) is 11.1. The molecule has 0 saturated heterocycles. The second-order valence-electron chi connectivity index (χ2n) is 4.38. The minimum absolute atomic E-state index is 0.842. The summed E-state index contributed by atoms with van der Waals surface area (Å²) in [5, 5.41) is 18.8. The van der Waals surface area contributed by atoms with Crippen molar-refractivity contribution in [3.05, 3.63) is 36.7 Å². The van der Waals surface area contributed by atoms with E-state index in [1.807, 2.05) is 19.3 Å². The number of hydrogen-bond donors (Lipinski definition) is 2. The monoisotopic (exact) mass is 285 g/mol. The average molecular weight is 285 g/mol. The van der Waals surface area contributed by atoms with Crippen molar-refractivity contribution >= 4 is 27.2 Å². The van der Waals surface area contributed by atoms with Gasteiger partial charge in [0.1, 0.15) is 5.01 Å². The molecular formula is C14H15N5S. The largest absolute Gasteiger partial charge is 0.359 e. The van der Waals surface area contributed by atoms with Crippen LogP contribution in [0.3, 0.4) is 0 Å². The van der Waals surface area contributed by atoms with Gasteiger partial charge < -0.3 is 10.6 Å². The summed E-state index contributed by atoms with van der Waals surface area (Å²) < 4.78 is 0. The van der Waals surface area contributed by atoms with Gasteiger partial charge in [-0.1, -0.05) is 23.5 Å². The molecule has 6 heteroatoms. The van der Waals surface area contributed by atoms with Gasteiger partial charge in [0, 0.05) is 36.4 Å². The molecular weight excluding hydrogens is 270 g/mol. The van der Waals surface area contributed by atoms with E-state index in [-0.39, 0.29) is 0 Å². The van der Waals surface area contributed by atoms with Crippen molar-refractivity contribution < 1.29 is 0 Å². The molecule has 0 aliphatic rings. The molecule has 20 heavy (non-hydrogen) atoms. The molecule has 5 nitrogen and oxygen atoms in total. The highest BCUT2D eigenvalue weighted by Gasteiger charge is 2.06. The fourth-order valence-electron chi connectivity index (χ4n) is 1.92. The molecule has 0 unspecified atom stereocenters. The molecule has 0 atom stereocenters. The van der Waals surface area contributed by atoms with Crippen molar-refractivity contribution in [2.24, 2.45) is 0 Å². The second-order valence-corrected chi connectivity index (χ2v) is 5.36. The molecule has 2 aromatic heterocycles. The molecule has 0 aliphatic heterocycles. The van der Waals surface area contributed by atoms with Gasteiger partial charge in [-0.25, -0.2) is 0 Å². The first-order valence-electron chi connectivity index (χ1n) is 6.43. The molecule has 0 spiro atoms. The van der Waals surface area contributed by atoms with Crippen molar-refractivity contribution in [2.75, 3.05) is 25.5 Å². The van der Waals surface area contributed by atoms with Crippen LogP contribution >= 0.6 is 11.3 Å². The minimum Gasteiger partial charge on any atom is -0.359 e. The number of pyridine rings is 1. The maximum atomic E-state index is 4.24. The highest BCUT2D eigenvalue weighted by Crippen LogP contribution is 2.28. The Hall–Kier alpha value is -2.05. The van der Waals surface area contributed by atoms with Crippen LogP contribution in [0.4, 0.5) is 5.13 Å². The lowest BCUT2D eigenvalue weighted by atomic mass is 10.1. The van der Waals surface area contributed by atoms with Crippen LogP contribution in [-0.4, -0.2) is 35.3 Å². The number of benzene rings is 1. The predicted molar refractivity (Wildman–Crippen MR) is 83.1 cm³/mol. The second kappa shape index (κ2) is 5.94. The molecule has 1 aromatic carbocycles. The first-order valence-corrected chi connectivity index (χ1v) is 7.24. The van der Waals surface area contributed by atoms with E-state index in [0.717, 1.165) is 39.6 Å². The summed E-state index contributed by atoms with van der Waals surface area (Å²) in [6, 6.07) is 8.25. The Morgan fingerprint density at radius 1 is 1.10 bits per heavy atom. The van der Waals surface area contributed by atoms with Crippen LogP contribution in [0.2, 0.25) is 0 Å². The molecule has 0 fully saturated rings. The first kappa shape index (κ1) is 13.0. The van der Waals surface area contributed by atoms with Gasteiger partial charge in [-0.15, -0.1) is 10.2 Å². The van der Waals surface area contributed by atoms with E-state index < -0.39 is 0 Å². The van der Waals surface area contributed by atoms with Gasteiger partial charge in [-0.05, 0) is 24.6 Å². The normalized spacial score (nSPS) is 10.8. The molecule has 2 N–H and O–H groups in total. The highest BCUT2D eigenvalue weighted by molar-refractivity contribution is 7.18. The third-order valence-corrected chi connectivity index (χ3v) is 3.89. The maximum absolute atomic E-state index is 4.24. The molecule has 3 rings (SSSR count). The number of hydrogen-bond acceptors (Lipinski definition) is 6. The molecule has 3 aromatic rings. The predicted octanol–water partition coefficient (Wildman–Crippen LogP) is 2.38. The zero-order valence-corrected chi connectivity index (χ0v) is 11.9. The molecule has 0 aliphatic carbocycles. The summed E-state index contributed by atoms with van der Waals surface area (Å²) in [4.78, 5) is 4.12. The van der Waals surface area contributed by atoms with Crippen LogP contribution in [0.25, 0.3) is 21.3 Å². The Labute approximate surface area is 121 Å². The number of likely N-dealkylation sites (N-methyl/N-ethyl adjacent to an activating group) is 1. The van der Waals surface area contributed by atoms with Crippen LogP contribution in [0.5, 0.6) is 0 Å². The number of nitrogens with one attached hydrogen (secondary N) is 2. The Kier molecular flexibility index (Phi) is 3.85. The molecule has 102 valence electrons.